The zero-order chi connectivity index (χ0) is 21.4. The molecule has 1 atom stereocenters. The number of likely N-dealkylation sites (tertiary alicyclic amines) is 1. The summed E-state index contributed by atoms with van der Waals surface area (Å²) in [5.41, 5.74) is 2.73. The maximum absolute atomic E-state index is 11.3. The summed E-state index contributed by atoms with van der Waals surface area (Å²) in [6.07, 6.45) is 4.31. The molecule has 5 heterocycles. The van der Waals surface area contributed by atoms with Crippen molar-refractivity contribution in [1.82, 2.24) is 24.8 Å². The number of carboxylic acid groups (broad SMARTS) is 1. The number of fused-ring (bicyclic) bond motifs is 1. The zero-order valence-corrected chi connectivity index (χ0v) is 17.5. The predicted molar refractivity (Wildman–Crippen MR) is 116 cm³/mol. The SMILES string of the molecule is C[C@@H]1COCCN1c1cc(C2CCN(C(=O)O)CC2)nc(-c2ccnc3[nH]ccc23)n1. The third-order valence-electron chi connectivity index (χ3n) is 6.28. The van der Waals surface area contributed by atoms with Crippen LogP contribution >= 0.6 is 0 Å². The second-order valence-corrected chi connectivity index (χ2v) is 8.23. The Morgan fingerprint density at radius 3 is 2.84 bits per heavy atom. The molecule has 0 radical (unpaired) electrons. The van der Waals surface area contributed by atoms with Crippen LogP contribution in [0.15, 0.2) is 30.6 Å². The van der Waals surface area contributed by atoms with Crippen LogP contribution in [-0.2, 0) is 4.74 Å². The van der Waals surface area contributed by atoms with Gasteiger partial charge in [-0.15, -0.1) is 0 Å². The standard InChI is InChI=1S/C22H26N6O3/c1-14-13-31-11-10-28(14)19-12-18(15-4-8-27(9-5-15)22(29)30)25-21(26-19)17-3-7-24-20-16(17)2-6-23-20/h2-3,6-7,12,14-15H,4-5,8-11,13H2,1H3,(H,23,24)(H,29,30)/t14-/m1/s1. The first kappa shape index (κ1) is 19.7. The third kappa shape index (κ3) is 3.81. The van der Waals surface area contributed by atoms with Crippen molar-refractivity contribution in [3.05, 3.63) is 36.3 Å². The quantitative estimate of drug-likeness (QED) is 0.668. The average Bonchev–Trinajstić information content (AvgIpc) is 3.28. The molecule has 2 N–H and O–H groups in total. The van der Waals surface area contributed by atoms with Gasteiger partial charge in [0.2, 0.25) is 0 Å². The summed E-state index contributed by atoms with van der Waals surface area (Å²) >= 11 is 0. The van der Waals surface area contributed by atoms with Gasteiger partial charge in [-0.1, -0.05) is 0 Å². The van der Waals surface area contributed by atoms with E-state index in [1.165, 1.54) is 4.90 Å². The molecule has 0 unspecified atom stereocenters. The summed E-state index contributed by atoms with van der Waals surface area (Å²) in [6.45, 7) is 5.32. The summed E-state index contributed by atoms with van der Waals surface area (Å²) < 4.78 is 5.62. The Kier molecular flexibility index (Phi) is 5.19. The van der Waals surface area contributed by atoms with Gasteiger partial charge in [0.05, 0.1) is 19.3 Å². The molecule has 2 aliphatic rings. The Labute approximate surface area is 180 Å². The second-order valence-electron chi connectivity index (χ2n) is 8.23. The van der Waals surface area contributed by atoms with Crippen molar-refractivity contribution in [3.63, 3.8) is 0 Å². The molecule has 3 aromatic rings. The van der Waals surface area contributed by atoms with E-state index in [1.807, 2.05) is 18.3 Å². The van der Waals surface area contributed by atoms with Crippen molar-refractivity contribution >= 4 is 22.9 Å². The Hall–Kier alpha value is -3.20. The van der Waals surface area contributed by atoms with E-state index in [-0.39, 0.29) is 12.0 Å². The van der Waals surface area contributed by atoms with Gasteiger partial charge in [-0.05, 0) is 31.9 Å². The highest BCUT2D eigenvalue weighted by Crippen LogP contribution is 2.33. The van der Waals surface area contributed by atoms with E-state index < -0.39 is 6.09 Å². The van der Waals surface area contributed by atoms with Crippen LogP contribution in [0.25, 0.3) is 22.4 Å². The first-order valence-corrected chi connectivity index (χ1v) is 10.7. The number of nitrogens with one attached hydrogen (secondary N) is 1. The summed E-state index contributed by atoms with van der Waals surface area (Å²) in [4.78, 5) is 32.5. The smallest absolute Gasteiger partial charge is 0.407 e. The lowest BCUT2D eigenvalue weighted by molar-refractivity contribution is 0.0985. The first-order chi connectivity index (χ1) is 15.1. The van der Waals surface area contributed by atoms with E-state index in [1.54, 1.807) is 6.20 Å². The molecule has 3 aromatic heterocycles. The number of piperidine rings is 1. The van der Waals surface area contributed by atoms with E-state index in [9.17, 15) is 9.90 Å². The third-order valence-corrected chi connectivity index (χ3v) is 6.28. The predicted octanol–water partition coefficient (Wildman–Crippen LogP) is 3.10. The van der Waals surface area contributed by atoms with Gasteiger partial charge in [-0.25, -0.2) is 19.7 Å². The number of hydrogen-bond donors (Lipinski definition) is 2. The lowest BCUT2D eigenvalue weighted by Gasteiger charge is -2.35. The molecule has 31 heavy (non-hydrogen) atoms. The van der Waals surface area contributed by atoms with Gasteiger partial charge >= 0.3 is 6.09 Å². The lowest BCUT2D eigenvalue weighted by Crippen LogP contribution is -2.44. The number of amides is 1. The minimum atomic E-state index is -0.851. The van der Waals surface area contributed by atoms with Gasteiger partial charge in [0, 0.05) is 60.7 Å². The van der Waals surface area contributed by atoms with Crippen LogP contribution in [0.4, 0.5) is 10.6 Å². The molecule has 0 spiro atoms. The highest BCUT2D eigenvalue weighted by atomic mass is 16.5. The Bertz CT molecular complexity index is 1090. The van der Waals surface area contributed by atoms with E-state index in [0.717, 1.165) is 47.5 Å². The number of ether oxygens (including phenoxy) is 1. The molecule has 2 saturated heterocycles. The molecule has 0 saturated carbocycles. The van der Waals surface area contributed by atoms with Crippen molar-refractivity contribution in [1.29, 1.82) is 0 Å². The number of aromatic nitrogens is 4. The van der Waals surface area contributed by atoms with Crippen LogP contribution in [0.2, 0.25) is 0 Å². The summed E-state index contributed by atoms with van der Waals surface area (Å²) in [5, 5.41) is 10.3. The molecule has 162 valence electrons. The monoisotopic (exact) mass is 422 g/mol. The van der Waals surface area contributed by atoms with Gasteiger partial charge in [0.1, 0.15) is 11.5 Å². The van der Waals surface area contributed by atoms with Crippen molar-refractivity contribution in [2.24, 2.45) is 0 Å². The molecule has 9 heteroatoms. The fourth-order valence-electron chi connectivity index (χ4n) is 4.52. The van der Waals surface area contributed by atoms with Crippen LogP contribution < -0.4 is 4.90 Å². The van der Waals surface area contributed by atoms with E-state index in [4.69, 9.17) is 14.7 Å². The van der Waals surface area contributed by atoms with Gasteiger partial charge < -0.3 is 24.6 Å². The number of rotatable bonds is 3. The fraction of sp³-hybridized carbons (Fsp3) is 0.455. The molecule has 0 bridgehead atoms. The number of hydrogen-bond acceptors (Lipinski definition) is 6. The van der Waals surface area contributed by atoms with Gasteiger partial charge in [-0.3, -0.25) is 0 Å². The molecule has 9 nitrogen and oxygen atoms in total. The molecule has 0 aliphatic carbocycles. The number of anilines is 1. The van der Waals surface area contributed by atoms with E-state index in [0.29, 0.717) is 32.1 Å². The van der Waals surface area contributed by atoms with Crippen molar-refractivity contribution in [3.8, 4) is 11.4 Å². The van der Waals surface area contributed by atoms with Crippen LogP contribution in [0.5, 0.6) is 0 Å². The maximum atomic E-state index is 11.3. The molecular formula is C22H26N6O3. The summed E-state index contributed by atoms with van der Waals surface area (Å²) in [6, 6.07) is 6.26. The van der Waals surface area contributed by atoms with Crippen molar-refractivity contribution < 1.29 is 14.6 Å². The number of aromatic amines is 1. The normalized spacial score (nSPS) is 20.4. The molecule has 2 aliphatic heterocycles. The average molecular weight is 422 g/mol. The fourth-order valence-corrected chi connectivity index (χ4v) is 4.52. The van der Waals surface area contributed by atoms with Crippen molar-refractivity contribution in [2.75, 3.05) is 37.7 Å². The number of H-pyrrole nitrogens is 1. The number of pyridine rings is 1. The maximum Gasteiger partial charge on any atom is 0.407 e. The minimum Gasteiger partial charge on any atom is -0.465 e. The van der Waals surface area contributed by atoms with Gasteiger partial charge in [-0.2, -0.15) is 0 Å². The van der Waals surface area contributed by atoms with E-state index in [2.05, 4.69) is 27.9 Å². The highest BCUT2D eigenvalue weighted by molar-refractivity contribution is 5.91. The Morgan fingerprint density at radius 1 is 1.23 bits per heavy atom. The highest BCUT2D eigenvalue weighted by Gasteiger charge is 2.27. The molecule has 2 fully saturated rings. The first-order valence-electron chi connectivity index (χ1n) is 10.7. The number of carbonyl (C=O) groups is 1. The summed E-state index contributed by atoms with van der Waals surface area (Å²) in [5.74, 6) is 1.78. The molecule has 1 amide bonds. The minimum absolute atomic E-state index is 0.205. The summed E-state index contributed by atoms with van der Waals surface area (Å²) in [7, 11) is 0. The van der Waals surface area contributed by atoms with Gasteiger partial charge in [0.25, 0.3) is 0 Å². The largest absolute Gasteiger partial charge is 0.465 e. The lowest BCUT2D eigenvalue weighted by atomic mass is 9.93. The van der Waals surface area contributed by atoms with Crippen LogP contribution in [0.3, 0.4) is 0 Å². The number of morpholine rings is 1. The number of nitrogens with zero attached hydrogens (tertiary/aromatic N) is 5. The van der Waals surface area contributed by atoms with Crippen molar-refractivity contribution in [2.45, 2.75) is 31.7 Å². The van der Waals surface area contributed by atoms with Gasteiger partial charge in [0.15, 0.2) is 5.82 Å². The molecule has 5 rings (SSSR count). The Morgan fingerprint density at radius 2 is 2.06 bits per heavy atom. The van der Waals surface area contributed by atoms with Crippen LogP contribution in [0, 0.1) is 0 Å². The van der Waals surface area contributed by atoms with Crippen LogP contribution in [0.1, 0.15) is 31.4 Å². The van der Waals surface area contributed by atoms with Crippen LogP contribution in [-0.4, -0.2) is 74.9 Å². The van der Waals surface area contributed by atoms with E-state index >= 15 is 0 Å². The topological polar surface area (TPSA) is 107 Å². The zero-order valence-electron chi connectivity index (χ0n) is 17.5. The Balaban J connectivity index is 1.56. The molecule has 0 aromatic carbocycles. The second kappa shape index (κ2) is 8.14. The molecular weight excluding hydrogens is 396 g/mol.